The van der Waals surface area contributed by atoms with E-state index in [1.54, 1.807) is 22.9 Å². The van der Waals surface area contributed by atoms with E-state index < -0.39 is 12.0 Å². The Bertz CT molecular complexity index is 439. The quantitative estimate of drug-likeness (QED) is 0.858. The van der Waals surface area contributed by atoms with Gasteiger partial charge >= 0.3 is 5.97 Å². The third kappa shape index (κ3) is 2.66. The predicted octanol–water partition coefficient (Wildman–Crippen LogP) is 2.12. The maximum absolute atomic E-state index is 11.1. The van der Waals surface area contributed by atoms with Crippen molar-refractivity contribution in [2.24, 2.45) is 0 Å². The van der Waals surface area contributed by atoms with Crippen LogP contribution in [0.1, 0.15) is 15.9 Å². The Morgan fingerprint density at radius 1 is 1.50 bits per heavy atom. The fourth-order valence-electron chi connectivity index (χ4n) is 1.27. The highest BCUT2D eigenvalue weighted by Gasteiger charge is 2.21. The summed E-state index contributed by atoms with van der Waals surface area (Å²) < 4.78 is 0. The van der Waals surface area contributed by atoms with Gasteiger partial charge in [0.2, 0.25) is 0 Å². The van der Waals surface area contributed by atoms with Crippen molar-refractivity contribution in [2.45, 2.75) is 12.6 Å². The molecule has 6 heteroatoms. The Kier molecular flexibility index (Phi) is 3.66. The minimum atomic E-state index is -0.897. The average Bonchev–Trinajstić information content (AvgIpc) is 2.88. The highest BCUT2D eigenvalue weighted by molar-refractivity contribution is 7.10. The van der Waals surface area contributed by atoms with E-state index in [2.05, 4.69) is 10.3 Å². The van der Waals surface area contributed by atoms with Crippen molar-refractivity contribution in [3.8, 4) is 0 Å². The molecule has 1 unspecified atom stereocenters. The molecule has 2 rings (SSSR count). The number of thiazole rings is 1. The molecule has 2 heterocycles. The largest absolute Gasteiger partial charge is 0.480 e. The minimum Gasteiger partial charge on any atom is -0.480 e. The van der Waals surface area contributed by atoms with Gasteiger partial charge in [0, 0.05) is 23.0 Å². The third-order valence-corrected chi connectivity index (χ3v) is 3.72. The molecule has 0 aliphatic carbocycles. The topological polar surface area (TPSA) is 62.2 Å². The van der Waals surface area contributed by atoms with Gasteiger partial charge < -0.3 is 5.11 Å². The number of hydrogen-bond acceptors (Lipinski definition) is 5. The van der Waals surface area contributed by atoms with Crippen LogP contribution in [0, 0.1) is 0 Å². The molecular weight excluding hydrogens is 244 g/mol. The summed E-state index contributed by atoms with van der Waals surface area (Å²) in [5.41, 5.74) is 0. The first-order valence-corrected chi connectivity index (χ1v) is 6.41. The van der Waals surface area contributed by atoms with E-state index in [4.69, 9.17) is 5.11 Å². The van der Waals surface area contributed by atoms with Gasteiger partial charge in [-0.2, -0.15) is 0 Å². The zero-order valence-electron chi connectivity index (χ0n) is 8.29. The van der Waals surface area contributed by atoms with Crippen molar-refractivity contribution in [1.82, 2.24) is 10.3 Å². The number of carboxylic acid groups (broad SMARTS) is 1. The van der Waals surface area contributed by atoms with Crippen LogP contribution in [0.15, 0.2) is 29.1 Å². The summed E-state index contributed by atoms with van der Waals surface area (Å²) in [5, 5.41) is 16.4. The van der Waals surface area contributed by atoms with Gasteiger partial charge in [0.05, 0.1) is 0 Å². The van der Waals surface area contributed by atoms with E-state index in [0.29, 0.717) is 11.6 Å². The lowest BCUT2D eigenvalue weighted by Crippen LogP contribution is -2.27. The van der Waals surface area contributed by atoms with Gasteiger partial charge in [-0.3, -0.25) is 10.1 Å². The lowest BCUT2D eigenvalue weighted by molar-refractivity contribution is -0.139. The van der Waals surface area contributed by atoms with Crippen molar-refractivity contribution >= 4 is 28.6 Å². The van der Waals surface area contributed by atoms with Crippen molar-refractivity contribution in [3.63, 3.8) is 0 Å². The number of hydrogen-bond donors (Lipinski definition) is 2. The molecule has 0 amide bonds. The summed E-state index contributed by atoms with van der Waals surface area (Å²) >= 11 is 2.95. The Labute approximate surface area is 101 Å². The summed E-state index contributed by atoms with van der Waals surface area (Å²) in [4.78, 5) is 16.2. The molecule has 2 aromatic heterocycles. The second-order valence-corrected chi connectivity index (χ2v) is 5.06. The molecule has 0 radical (unpaired) electrons. The molecule has 2 aromatic rings. The maximum Gasteiger partial charge on any atom is 0.327 e. The number of carbonyl (C=O) groups is 1. The van der Waals surface area contributed by atoms with E-state index in [1.165, 1.54) is 11.3 Å². The summed E-state index contributed by atoms with van der Waals surface area (Å²) in [6, 6.07) is 3.20. The van der Waals surface area contributed by atoms with Gasteiger partial charge in [-0.15, -0.1) is 22.7 Å². The Hall–Kier alpha value is -1.24. The fourth-order valence-corrected chi connectivity index (χ4v) is 2.63. The average molecular weight is 254 g/mol. The van der Waals surface area contributed by atoms with Crippen LogP contribution in [0.2, 0.25) is 0 Å². The predicted molar refractivity (Wildman–Crippen MR) is 63.6 cm³/mol. The molecule has 0 saturated carbocycles. The van der Waals surface area contributed by atoms with Gasteiger partial charge in [-0.1, -0.05) is 6.07 Å². The van der Waals surface area contributed by atoms with Gasteiger partial charge in [0.25, 0.3) is 0 Å². The number of thiophene rings is 1. The summed E-state index contributed by atoms with van der Waals surface area (Å²) in [6.45, 7) is 0.550. The molecule has 0 spiro atoms. The maximum atomic E-state index is 11.1. The van der Waals surface area contributed by atoms with Crippen molar-refractivity contribution in [1.29, 1.82) is 0 Å². The van der Waals surface area contributed by atoms with Crippen LogP contribution in [-0.4, -0.2) is 16.1 Å². The summed E-state index contributed by atoms with van der Waals surface area (Å²) in [7, 11) is 0. The van der Waals surface area contributed by atoms with Crippen molar-refractivity contribution in [3.05, 3.63) is 39.0 Å². The van der Waals surface area contributed by atoms with E-state index in [1.807, 2.05) is 17.5 Å². The smallest absolute Gasteiger partial charge is 0.327 e. The number of aliphatic carboxylic acids is 1. The van der Waals surface area contributed by atoms with Crippen molar-refractivity contribution in [2.75, 3.05) is 0 Å². The van der Waals surface area contributed by atoms with Gasteiger partial charge in [-0.25, -0.2) is 4.98 Å². The van der Waals surface area contributed by atoms with Gasteiger partial charge in [0.15, 0.2) is 6.04 Å². The number of carboxylic acids is 1. The number of nitrogens with zero attached hydrogens (tertiary/aromatic N) is 1. The SMILES string of the molecule is O=C(O)C(NCc1cccs1)c1nccs1. The summed E-state index contributed by atoms with van der Waals surface area (Å²) in [5.74, 6) is -0.897. The molecule has 0 aromatic carbocycles. The van der Waals surface area contributed by atoms with Gasteiger partial charge in [-0.05, 0) is 11.4 Å². The number of rotatable bonds is 5. The van der Waals surface area contributed by atoms with Crippen LogP contribution < -0.4 is 5.32 Å². The standard InChI is InChI=1S/C10H10N2O2S2/c13-10(14)8(9-11-3-5-16-9)12-6-7-2-1-4-15-7/h1-5,8,12H,6H2,(H,13,14). The van der Waals surface area contributed by atoms with E-state index in [-0.39, 0.29) is 0 Å². The molecular formula is C10H10N2O2S2. The number of nitrogens with one attached hydrogen (secondary N) is 1. The molecule has 0 aliphatic rings. The molecule has 16 heavy (non-hydrogen) atoms. The third-order valence-electron chi connectivity index (χ3n) is 2.01. The van der Waals surface area contributed by atoms with E-state index >= 15 is 0 Å². The van der Waals surface area contributed by atoms with E-state index in [0.717, 1.165) is 4.88 Å². The zero-order chi connectivity index (χ0) is 11.4. The van der Waals surface area contributed by atoms with Crippen LogP contribution in [0.5, 0.6) is 0 Å². The monoisotopic (exact) mass is 254 g/mol. The highest BCUT2D eigenvalue weighted by atomic mass is 32.1. The molecule has 4 nitrogen and oxygen atoms in total. The molecule has 84 valence electrons. The van der Waals surface area contributed by atoms with Crippen LogP contribution in [0.4, 0.5) is 0 Å². The molecule has 0 aliphatic heterocycles. The summed E-state index contributed by atoms with van der Waals surface area (Å²) in [6.07, 6.45) is 1.61. The van der Waals surface area contributed by atoms with E-state index in [9.17, 15) is 4.79 Å². The van der Waals surface area contributed by atoms with Crippen molar-refractivity contribution < 1.29 is 9.90 Å². The zero-order valence-corrected chi connectivity index (χ0v) is 9.92. The lowest BCUT2D eigenvalue weighted by atomic mass is 10.3. The first-order chi connectivity index (χ1) is 7.77. The first-order valence-electron chi connectivity index (χ1n) is 4.65. The molecule has 2 N–H and O–H groups in total. The molecule has 1 atom stereocenters. The second-order valence-electron chi connectivity index (χ2n) is 3.10. The molecule has 0 saturated heterocycles. The fraction of sp³-hybridized carbons (Fsp3) is 0.200. The molecule has 0 bridgehead atoms. The Morgan fingerprint density at radius 2 is 2.38 bits per heavy atom. The van der Waals surface area contributed by atoms with Crippen LogP contribution in [-0.2, 0) is 11.3 Å². The van der Waals surface area contributed by atoms with Crippen LogP contribution >= 0.6 is 22.7 Å². The first kappa shape index (κ1) is 11.3. The molecule has 0 fully saturated rings. The second kappa shape index (κ2) is 5.20. The van der Waals surface area contributed by atoms with Gasteiger partial charge in [0.1, 0.15) is 5.01 Å². The lowest BCUT2D eigenvalue weighted by Gasteiger charge is -2.10. The van der Waals surface area contributed by atoms with Crippen LogP contribution in [0.25, 0.3) is 0 Å². The minimum absolute atomic E-state index is 0.550. The number of aromatic nitrogens is 1. The Morgan fingerprint density at radius 3 is 2.94 bits per heavy atom. The normalized spacial score (nSPS) is 12.5. The Balaban J connectivity index is 2.02. The highest BCUT2D eigenvalue weighted by Crippen LogP contribution is 2.17. The van der Waals surface area contributed by atoms with Crippen LogP contribution in [0.3, 0.4) is 0 Å².